The van der Waals surface area contributed by atoms with Crippen molar-refractivity contribution in [2.24, 2.45) is 0 Å². The Morgan fingerprint density at radius 3 is 2.57 bits per heavy atom. The molecular formula is C7H14N2O4S. The van der Waals surface area contributed by atoms with E-state index >= 15 is 0 Å². The fourth-order valence-corrected chi connectivity index (χ4v) is 2.42. The predicted octanol–water partition coefficient (Wildman–Crippen LogP) is -1.26. The molecule has 0 atom stereocenters. The standard InChI is InChI=1S/C7H14N2O4S/c10-7(11)2-1-3-14(12,13)9-6-4-8-5-6/h6,8-9H,1-5H2,(H,10,11). The van der Waals surface area contributed by atoms with Gasteiger partial charge in [-0.1, -0.05) is 0 Å². The second kappa shape index (κ2) is 4.72. The van der Waals surface area contributed by atoms with Crippen molar-refractivity contribution in [2.45, 2.75) is 18.9 Å². The maximum Gasteiger partial charge on any atom is 0.303 e. The molecule has 0 radical (unpaired) electrons. The SMILES string of the molecule is O=C(O)CCCS(=O)(=O)NC1CNC1. The van der Waals surface area contributed by atoms with Crippen LogP contribution in [0.2, 0.25) is 0 Å². The average molecular weight is 222 g/mol. The Hall–Kier alpha value is -0.660. The normalized spacial score (nSPS) is 17.7. The van der Waals surface area contributed by atoms with Crippen LogP contribution in [0.25, 0.3) is 0 Å². The zero-order valence-corrected chi connectivity index (χ0v) is 8.51. The molecule has 0 bridgehead atoms. The third kappa shape index (κ3) is 4.03. The van der Waals surface area contributed by atoms with E-state index in [1.54, 1.807) is 0 Å². The lowest BCUT2D eigenvalue weighted by Crippen LogP contribution is -2.57. The van der Waals surface area contributed by atoms with Crippen LogP contribution >= 0.6 is 0 Å². The number of sulfonamides is 1. The van der Waals surface area contributed by atoms with Crippen molar-refractivity contribution in [1.82, 2.24) is 10.0 Å². The molecule has 3 N–H and O–H groups in total. The molecule has 1 aliphatic heterocycles. The average Bonchev–Trinajstić information content (AvgIpc) is 1.96. The Labute approximate surface area is 82.7 Å². The van der Waals surface area contributed by atoms with Crippen molar-refractivity contribution in [2.75, 3.05) is 18.8 Å². The molecule has 1 heterocycles. The second-order valence-corrected chi connectivity index (χ2v) is 5.16. The summed E-state index contributed by atoms with van der Waals surface area (Å²) in [6, 6.07) is -0.0233. The first-order chi connectivity index (χ1) is 6.49. The van der Waals surface area contributed by atoms with Gasteiger partial charge in [0.25, 0.3) is 0 Å². The van der Waals surface area contributed by atoms with Crippen LogP contribution in [0.15, 0.2) is 0 Å². The van der Waals surface area contributed by atoms with Crippen molar-refractivity contribution in [1.29, 1.82) is 0 Å². The Bertz CT molecular complexity index is 297. The molecule has 7 heteroatoms. The van der Waals surface area contributed by atoms with E-state index in [1.165, 1.54) is 0 Å². The van der Waals surface area contributed by atoms with E-state index in [1.807, 2.05) is 0 Å². The minimum atomic E-state index is -3.29. The Morgan fingerprint density at radius 1 is 1.50 bits per heavy atom. The fourth-order valence-electron chi connectivity index (χ4n) is 1.10. The molecule has 1 saturated heterocycles. The molecule has 0 aromatic rings. The van der Waals surface area contributed by atoms with Gasteiger partial charge >= 0.3 is 5.97 Å². The summed E-state index contributed by atoms with van der Waals surface area (Å²) in [5, 5.41) is 11.3. The molecule has 0 spiro atoms. The van der Waals surface area contributed by atoms with Gasteiger partial charge in [0.2, 0.25) is 10.0 Å². The zero-order valence-electron chi connectivity index (χ0n) is 7.69. The molecule has 0 unspecified atom stereocenters. The number of carboxylic acids is 1. The molecule has 1 aliphatic rings. The van der Waals surface area contributed by atoms with E-state index < -0.39 is 16.0 Å². The second-order valence-electron chi connectivity index (χ2n) is 3.29. The molecule has 0 amide bonds. The molecule has 0 aromatic heterocycles. The van der Waals surface area contributed by atoms with Crippen LogP contribution in [0.4, 0.5) is 0 Å². The van der Waals surface area contributed by atoms with E-state index in [4.69, 9.17) is 5.11 Å². The van der Waals surface area contributed by atoms with Gasteiger partial charge in [-0.05, 0) is 6.42 Å². The summed E-state index contributed by atoms with van der Waals surface area (Å²) in [5.41, 5.74) is 0. The van der Waals surface area contributed by atoms with E-state index in [9.17, 15) is 13.2 Å². The first kappa shape index (κ1) is 11.4. The van der Waals surface area contributed by atoms with Crippen LogP contribution in [-0.4, -0.2) is 44.4 Å². The van der Waals surface area contributed by atoms with Crippen LogP contribution < -0.4 is 10.0 Å². The fraction of sp³-hybridized carbons (Fsp3) is 0.857. The van der Waals surface area contributed by atoms with E-state index in [-0.39, 0.29) is 24.6 Å². The predicted molar refractivity (Wildman–Crippen MR) is 50.5 cm³/mol. The van der Waals surface area contributed by atoms with Crippen LogP contribution in [0, 0.1) is 0 Å². The van der Waals surface area contributed by atoms with Crippen LogP contribution in [0.5, 0.6) is 0 Å². The lowest BCUT2D eigenvalue weighted by molar-refractivity contribution is -0.137. The van der Waals surface area contributed by atoms with E-state index in [0.717, 1.165) is 0 Å². The third-order valence-corrected chi connectivity index (χ3v) is 3.45. The quantitative estimate of drug-likeness (QED) is 0.521. The Kier molecular flexibility index (Phi) is 3.85. The molecule has 1 rings (SSSR count). The number of aliphatic carboxylic acids is 1. The van der Waals surface area contributed by atoms with Crippen molar-refractivity contribution < 1.29 is 18.3 Å². The topological polar surface area (TPSA) is 95.5 Å². The molecule has 0 aliphatic carbocycles. The van der Waals surface area contributed by atoms with Gasteiger partial charge in [-0.3, -0.25) is 4.79 Å². The van der Waals surface area contributed by atoms with E-state index in [0.29, 0.717) is 13.1 Å². The number of hydrogen-bond donors (Lipinski definition) is 3. The van der Waals surface area contributed by atoms with Gasteiger partial charge in [0, 0.05) is 25.6 Å². The molecule has 82 valence electrons. The van der Waals surface area contributed by atoms with Gasteiger partial charge < -0.3 is 10.4 Å². The van der Waals surface area contributed by atoms with Crippen molar-refractivity contribution in [3.63, 3.8) is 0 Å². The lowest BCUT2D eigenvalue weighted by Gasteiger charge is -2.27. The molecule has 6 nitrogen and oxygen atoms in total. The van der Waals surface area contributed by atoms with Gasteiger partial charge in [-0.2, -0.15) is 0 Å². The number of rotatable bonds is 6. The van der Waals surface area contributed by atoms with Gasteiger partial charge in [0.05, 0.1) is 5.75 Å². The van der Waals surface area contributed by atoms with Crippen LogP contribution in [-0.2, 0) is 14.8 Å². The maximum absolute atomic E-state index is 11.3. The van der Waals surface area contributed by atoms with Gasteiger partial charge in [0.1, 0.15) is 0 Å². The van der Waals surface area contributed by atoms with Gasteiger partial charge in [0.15, 0.2) is 0 Å². The summed E-state index contributed by atoms with van der Waals surface area (Å²) < 4.78 is 25.1. The highest BCUT2D eigenvalue weighted by molar-refractivity contribution is 7.89. The largest absolute Gasteiger partial charge is 0.481 e. The summed E-state index contributed by atoms with van der Waals surface area (Å²) >= 11 is 0. The summed E-state index contributed by atoms with van der Waals surface area (Å²) in [6.45, 7) is 1.30. The highest BCUT2D eigenvalue weighted by Gasteiger charge is 2.22. The van der Waals surface area contributed by atoms with Crippen molar-refractivity contribution in [3.05, 3.63) is 0 Å². The number of carboxylic acid groups (broad SMARTS) is 1. The van der Waals surface area contributed by atoms with Crippen LogP contribution in [0.3, 0.4) is 0 Å². The van der Waals surface area contributed by atoms with E-state index in [2.05, 4.69) is 10.0 Å². The molecule has 0 aromatic carbocycles. The first-order valence-electron chi connectivity index (χ1n) is 4.42. The third-order valence-electron chi connectivity index (χ3n) is 1.93. The molecule has 0 saturated carbocycles. The zero-order chi connectivity index (χ0) is 10.6. The number of nitrogens with one attached hydrogen (secondary N) is 2. The summed E-state index contributed by atoms with van der Waals surface area (Å²) in [5.74, 6) is -1.08. The minimum Gasteiger partial charge on any atom is -0.481 e. The highest BCUT2D eigenvalue weighted by atomic mass is 32.2. The summed E-state index contributed by atoms with van der Waals surface area (Å²) in [6.07, 6.45) is 0.0502. The molecular weight excluding hydrogens is 208 g/mol. The van der Waals surface area contributed by atoms with Gasteiger partial charge in [-0.25, -0.2) is 13.1 Å². The number of hydrogen-bond acceptors (Lipinski definition) is 4. The first-order valence-corrected chi connectivity index (χ1v) is 6.07. The Morgan fingerprint density at radius 2 is 2.14 bits per heavy atom. The maximum atomic E-state index is 11.3. The van der Waals surface area contributed by atoms with Crippen molar-refractivity contribution >= 4 is 16.0 Å². The summed E-state index contributed by atoms with van der Waals surface area (Å²) in [7, 11) is -3.29. The molecule has 14 heavy (non-hydrogen) atoms. The van der Waals surface area contributed by atoms with Crippen LogP contribution in [0.1, 0.15) is 12.8 Å². The minimum absolute atomic E-state index is 0.0233. The monoisotopic (exact) mass is 222 g/mol. The summed E-state index contributed by atoms with van der Waals surface area (Å²) in [4.78, 5) is 10.1. The highest BCUT2D eigenvalue weighted by Crippen LogP contribution is 1.99. The van der Waals surface area contributed by atoms with Crippen molar-refractivity contribution in [3.8, 4) is 0 Å². The van der Waals surface area contributed by atoms with Gasteiger partial charge in [-0.15, -0.1) is 0 Å². The lowest BCUT2D eigenvalue weighted by atomic mass is 10.2. The molecule has 1 fully saturated rings. The number of carbonyl (C=O) groups is 1. The Balaban J connectivity index is 2.23. The smallest absolute Gasteiger partial charge is 0.303 e.